The molecule has 3 aromatic carbocycles. The number of nitrogens with zero attached hydrogens (tertiary/aromatic N) is 4. The number of aromatic amines is 1. The normalized spacial score (nSPS) is 19.1. The third-order valence-electron chi connectivity index (χ3n) is 8.64. The van der Waals surface area contributed by atoms with Crippen molar-refractivity contribution in [2.45, 2.75) is 37.9 Å². The molecule has 1 amide bonds. The Bertz CT molecular complexity index is 1770. The number of halogens is 1. The van der Waals surface area contributed by atoms with Crippen LogP contribution in [-0.4, -0.2) is 63.1 Å². The molecule has 2 saturated heterocycles. The molecule has 5 aromatic rings. The van der Waals surface area contributed by atoms with E-state index in [1.54, 1.807) is 12.1 Å². The van der Waals surface area contributed by atoms with Crippen LogP contribution in [0.5, 0.6) is 5.75 Å². The number of likely N-dealkylation sites (N-methyl/N-ethyl adjacent to an activating group) is 1. The van der Waals surface area contributed by atoms with Gasteiger partial charge in [0.15, 0.2) is 5.82 Å². The number of para-hydroxylation sites is 1. The summed E-state index contributed by atoms with van der Waals surface area (Å²) in [5.41, 5.74) is 4.81. The van der Waals surface area contributed by atoms with Crippen molar-refractivity contribution in [1.82, 2.24) is 25.2 Å². The minimum absolute atomic E-state index is 0.113. The number of amides is 1. The number of aryl methyl sites for hydroxylation is 1. The Morgan fingerprint density at radius 3 is 2.51 bits per heavy atom. The van der Waals surface area contributed by atoms with Gasteiger partial charge in [0.25, 0.3) is 5.91 Å². The number of hydrogen-bond donors (Lipinski definition) is 3. The van der Waals surface area contributed by atoms with Gasteiger partial charge in [0.05, 0.1) is 24.1 Å². The lowest BCUT2D eigenvalue weighted by Crippen LogP contribution is -2.52. The second-order valence-electron chi connectivity index (χ2n) is 11.8. The monoisotopic (exact) mass is 576 g/mol. The van der Waals surface area contributed by atoms with Crippen LogP contribution >= 0.6 is 0 Å². The minimum Gasteiger partial charge on any atom is -0.508 e. The SMILES string of the molecule is Cc1cc(C(=O)N[C@@H](c2cc3ccccc3[nH]2)c2cc(F)ccc2O)cc(-c2ncc(N3C4CCC3CN(C)C4)cn2)c1. The summed E-state index contributed by atoms with van der Waals surface area (Å²) in [5, 5.41) is 14.6. The molecule has 2 fully saturated rings. The second kappa shape index (κ2) is 10.8. The Balaban J connectivity index is 1.18. The van der Waals surface area contributed by atoms with Gasteiger partial charge in [-0.2, -0.15) is 0 Å². The van der Waals surface area contributed by atoms with Crippen LogP contribution in [-0.2, 0) is 0 Å². The van der Waals surface area contributed by atoms with E-state index in [4.69, 9.17) is 9.97 Å². The summed E-state index contributed by atoms with van der Waals surface area (Å²) >= 11 is 0. The topological polar surface area (TPSA) is 97.4 Å². The van der Waals surface area contributed by atoms with Crippen LogP contribution in [0, 0.1) is 12.7 Å². The highest BCUT2D eigenvalue weighted by Gasteiger charge is 2.39. The summed E-state index contributed by atoms with van der Waals surface area (Å²) in [6.45, 7) is 4.01. The predicted molar refractivity (Wildman–Crippen MR) is 165 cm³/mol. The van der Waals surface area contributed by atoms with Crippen molar-refractivity contribution in [3.8, 4) is 17.1 Å². The number of rotatable bonds is 6. The molecule has 2 aromatic heterocycles. The maximum absolute atomic E-state index is 14.3. The predicted octanol–water partition coefficient (Wildman–Crippen LogP) is 5.58. The van der Waals surface area contributed by atoms with Crippen molar-refractivity contribution in [3.05, 3.63) is 107 Å². The zero-order valence-electron chi connectivity index (χ0n) is 24.1. The fraction of sp³-hybridized carbons (Fsp3) is 0.265. The van der Waals surface area contributed by atoms with Gasteiger partial charge >= 0.3 is 0 Å². The van der Waals surface area contributed by atoms with Crippen molar-refractivity contribution >= 4 is 22.5 Å². The number of H-pyrrole nitrogens is 1. The summed E-state index contributed by atoms with van der Waals surface area (Å²) < 4.78 is 14.3. The number of benzene rings is 3. The van der Waals surface area contributed by atoms with Gasteiger partial charge in [-0.05, 0) is 86.3 Å². The number of likely N-dealkylation sites (tertiary alicyclic amines) is 1. The number of carbonyl (C=O) groups excluding carboxylic acids is 1. The number of phenolic OH excluding ortho intramolecular Hbond substituents is 1. The molecule has 7 rings (SSSR count). The van der Waals surface area contributed by atoms with E-state index in [9.17, 15) is 14.3 Å². The average molecular weight is 577 g/mol. The molecule has 0 radical (unpaired) electrons. The van der Waals surface area contributed by atoms with Crippen LogP contribution < -0.4 is 10.2 Å². The quantitative estimate of drug-likeness (QED) is 0.244. The van der Waals surface area contributed by atoms with Crippen molar-refractivity contribution in [2.75, 3.05) is 25.0 Å². The second-order valence-corrected chi connectivity index (χ2v) is 11.8. The number of nitrogens with one attached hydrogen (secondary N) is 2. The van der Waals surface area contributed by atoms with E-state index in [-0.39, 0.29) is 17.2 Å². The minimum atomic E-state index is -0.825. The number of fused-ring (bicyclic) bond motifs is 3. The summed E-state index contributed by atoms with van der Waals surface area (Å²) in [4.78, 5) is 31.3. The van der Waals surface area contributed by atoms with Gasteiger partial charge in [-0.15, -0.1) is 0 Å². The third kappa shape index (κ3) is 5.21. The first-order chi connectivity index (χ1) is 20.8. The van der Waals surface area contributed by atoms with E-state index in [0.29, 0.717) is 29.2 Å². The Morgan fingerprint density at radius 1 is 1.02 bits per heavy atom. The molecule has 2 bridgehead atoms. The Morgan fingerprint density at radius 2 is 1.77 bits per heavy atom. The standard InChI is InChI=1S/C34H33FN6O2/c1-20-11-22(33-36-16-27(17-37-33)41-25-8-9-26(41)19-40(2)18-25)13-23(12-20)34(43)39-32(28-15-24(35)7-10-31(28)42)30-14-21-5-3-4-6-29(21)38-30/h3-7,10-17,25-26,32,38,42H,8-9,18-19H2,1-2H3,(H,39,43)/t25?,26?,32-/m1/s1. The van der Waals surface area contributed by atoms with Gasteiger partial charge in [-0.3, -0.25) is 4.79 Å². The van der Waals surface area contributed by atoms with E-state index < -0.39 is 11.9 Å². The molecule has 2 aliphatic rings. The van der Waals surface area contributed by atoms with E-state index in [1.807, 2.05) is 55.7 Å². The molecular formula is C34H33FN6O2. The zero-order valence-corrected chi connectivity index (χ0v) is 24.1. The lowest BCUT2D eigenvalue weighted by Gasteiger charge is -2.40. The molecular weight excluding hydrogens is 543 g/mol. The molecule has 0 spiro atoms. The number of aromatic nitrogens is 3. The highest BCUT2D eigenvalue weighted by Crippen LogP contribution is 2.35. The smallest absolute Gasteiger partial charge is 0.252 e. The first kappa shape index (κ1) is 27.1. The van der Waals surface area contributed by atoms with E-state index in [1.165, 1.54) is 31.0 Å². The molecule has 3 atom stereocenters. The highest BCUT2D eigenvalue weighted by molar-refractivity contribution is 5.96. The number of aromatic hydroxyl groups is 1. The summed E-state index contributed by atoms with van der Waals surface area (Å²) in [6.07, 6.45) is 6.14. The van der Waals surface area contributed by atoms with Gasteiger partial charge in [-0.1, -0.05) is 18.2 Å². The van der Waals surface area contributed by atoms with E-state index in [0.717, 1.165) is 40.8 Å². The average Bonchev–Trinajstić information content (AvgIpc) is 3.55. The molecule has 43 heavy (non-hydrogen) atoms. The largest absolute Gasteiger partial charge is 0.508 e. The molecule has 2 unspecified atom stereocenters. The molecule has 4 heterocycles. The molecule has 2 aliphatic heterocycles. The van der Waals surface area contributed by atoms with Crippen molar-refractivity contribution < 1.29 is 14.3 Å². The maximum atomic E-state index is 14.3. The van der Waals surface area contributed by atoms with Crippen molar-refractivity contribution in [2.24, 2.45) is 0 Å². The fourth-order valence-corrected chi connectivity index (χ4v) is 6.73. The number of anilines is 1. The van der Waals surface area contributed by atoms with Crippen LogP contribution in [0.1, 0.15) is 46.1 Å². The first-order valence-corrected chi connectivity index (χ1v) is 14.6. The zero-order chi connectivity index (χ0) is 29.7. The molecule has 8 nitrogen and oxygen atoms in total. The third-order valence-corrected chi connectivity index (χ3v) is 8.64. The molecule has 0 saturated carbocycles. The van der Waals surface area contributed by atoms with E-state index in [2.05, 4.69) is 27.1 Å². The molecule has 3 N–H and O–H groups in total. The molecule has 218 valence electrons. The van der Waals surface area contributed by atoms with Crippen molar-refractivity contribution in [1.29, 1.82) is 0 Å². The fourth-order valence-electron chi connectivity index (χ4n) is 6.73. The van der Waals surface area contributed by atoms with Gasteiger partial charge in [0.1, 0.15) is 11.6 Å². The van der Waals surface area contributed by atoms with Crippen LogP contribution in [0.2, 0.25) is 0 Å². The highest BCUT2D eigenvalue weighted by atomic mass is 19.1. The summed E-state index contributed by atoms with van der Waals surface area (Å²) in [7, 11) is 2.18. The van der Waals surface area contributed by atoms with Gasteiger partial charge in [-0.25, -0.2) is 14.4 Å². The van der Waals surface area contributed by atoms with Crippen LogP contribution in [0.25, 0.3) is 22.3 Å². The first-order valence-electron chi connectivity index (χ1n) is 14.6. The Labute approximate surface area is 249 Å². The molecule has 9 heteroatoms. The Kier molecular flexibility index (Phi) is 6.82. The van der Waals surface area contributed by atoms with Crippen LogP contribution in [0.3, 0.4) is 0 Å². The maximum Gasteiger partial charge on any atom is 0.252 e. The van der Waals surface area contributed by atoms with Gasteiger partial charge < -0.3 is 25.2 Å². The van der Waals surface area contributed by atoms with Crippen LogP contribution in [0.4, 0.5) is 10.1 Å². The number of hydrogen-bond acceptors (Lipinski definition) is 6. The number of phenols is 1. The lowest BCUT2D eigenvalue weighted by atomic mass is 10.0. The Hall–Kier alpha value is -4.76. The van der Waals surface area contributed by atoms with Gasteiger partial charge in [0.2, 0.25) is 0 Å². The van der Waals surface area contributed by atoms with Gasteiger partial charge in [0, 0.05) is 53.1 Å². The summed E-state index contributed by atoms with van der Waals surface area (Å²) in [6, 6.07) is 19.0. The number of piperazine rings is 1. The van der Waals surface area contributed by atoms with E-state index >= 15 is 0 Å². The summed E-state index contributed by atoms with van der Waals surface area (Å²) in [5.74, 6) is -0.454. The lowest BCUT2D eigenvalue weighted by molar-refractivity contribution is 0.0942. The molecule has 0 aliphatic carbocycles. The van der Waals surface area contributed by atoms with Crippen molar-refractivity contribution in [3.63, 3.8) is 0 Å². The number of carbonyl (C=O) groups is 1. The van der Waals surface area contributed by atoms with Crippen LogP contribution in [0.15, 0.2) is 79.1 Å².